The standard InChI is InChI=1S/C19H12ClFN2S/c20-17-8-7-16(10-15(17)12-22)24-23-19-11-14(6-9-18(19)21)13-4-2-1-3-5-13/h1-11,23H. The van der Waals surface area contributed by atoms with Crippen LogP contribution in [-0.2, 0) is 0 Å². The maximum Gasteiger partial charge on any atom is 0.147 e. The van der Waals surface area contributed by atoms with Gasteiger partial charge in [-0.05, 0) is 53.4 Å². The van der Waals surface area contributed by atoms with Gasteiger partial charge in [-0.25, -0.2) is 4.39 Å². The molecule has 118 valence electrons. The summed E-state index contributed by atoms with van der Waals surface area (Å²) < 4.78 is 17.0. The molecule has 0 aromatic heterocycles. The quantitative estimate of drug-likeness (QED) is 0.572. The van der Waals surface area contributed by atoms with Crippen LogP contribution in [-0.4, -0.2) is 0 Å². The minimum absolute atomic E-state index is 0.336. The Morgan fingerprint density at radius 3 is 2.50 bits per heavy atom. The number of hydrogen-bond donors (Lipinski definition) is 1. The minimum Gasteiger partial charge on any atom is -0.323 e. The number of anilines is 1. The first-order chi connectivity index (χ1) is 11.7. The third kappa shape index (κ3) is 3.70. The van der Waals surface area contributed by atoms with E-state index in [0.29, 0.717) is 16.3 Å². The molecule has 0 aliphatic carbocycles. The van der Waals surface area contributed by atoms with Gasteiger partial charge in [-0.1, -0.05) is 48.0 Å². The number of nitrogens with zero attached hydrogens (tertiary/aromatic N) is 1. The molecule has 24 heavy (non-hydrogen) atoms. The highest BCUT2D eigenvalue weighted by atomic mass is 35.5. The number of hydrogen-bond acceptors (Lipinski definition) is 3. The lowest BCUT2D eigenvalue weighted by atomic mass is 10.1. The Bertz CT molecular complexity index is 907. The van der Waals surface area contributed by atoms with Crippen molar-refractivity contribution in [2.45, 2.75) is 4.90 Å². The molecule has 3 rings (SSSR count). The van der Waals surface area contributed by atoms with Crippen LogP contribution in [0.2, 0.25) is 5.02 Å². The van der Waals surface area contributed by atoms with Crippen molar-refractivity contribution in [2.24, 2.45) is 0 Å². The molecular formula is C19H12ClFN2S. The molecule has 3 aromatic rings. The van der Waals surface area contributed by atoms with Crippen LogP contribution in [0.5, 0.6) is 0 Å². The van der Waals surface area contributed by atoms with E-state index in [1.54, 1.807) is 30.3 Å². The lowest BCUT2D eigenvalue weighted by Crippen LogP contribution is -1.92. The summed E-state index contributed by atoms with van der Waals surface area (Å²) in [4.78, 5) is 0.778. The molecule has 0 unspecified atom stereocenters. The summed E-state index contributed by atoms with van der Waals surface area (Å²) in [6, 6.07) is 21.8. The van der Waals surface area contributed by atoms with Crippen LogP contribution in [0, 0.1) is 17.1 Å². The van der Waals surface area contributed by atoms with E-state index in [0.717, 1.165) is 16.0 Å². The Kier molecular flexibility index (Phi) is 5.05. The maximum absolute atomic E-state index is 14.0. The van der Waals surface area contributed by atoms with Crippen LogP contribution < -0.4 is 4.72 Å². The Morgan fingerprint density at radius 2 is 1.75 bits per heavy atom. The Morgan fingerprint density at radius 1 is 0.958 bits per heavy atom. The van der Waals surface area contributed by atoms with E-state index >= 15 is 0 Å². The van der Waals surface area contributed by atoms with Crippen LogP contribution in [0.4, 0.5) is 10.1 Å². The third-order valence-electron chi connectivity index (χ3n) is 3.41. The van der Waals surface area contributed by atoms with Gasteiger partial charge in [-0.2, -0.15) is 5.26 Å². The molecule has 0 atom stereocenters. The Hall–Kier alpha value is -2.48. The smallest absolute Gasteiger partial charge is 0.147 e. The van der Waals surface area contributed by atoms with Crippen LogP contribution in [0.15, 0.2) is 71.6 Å². The normalized spacial score (nSPS) is 10.2. The summed E-state index contributed by atoms with van der Waals surface area (Å²) in [6.45, 7) is 0. The minimum atomic E-state index is -0.336. The molecule has 0 saturated carbocycles. The van der Waals surface area contributed by atoms with Crippen molar-refractivity contribution in [3.63, 3.8) is 0 Å². The summed E-state index contributed by atoms with van der Waals surface area (Å²) in [6.07, 6.45) is 0. The average Bonchev–Trinajstić information content (AvgIpc) is 2.63. The van der Waals surface area contributed by atoms with Gasteiger partial charge in [0.15, 0.2) is 0 Å². The summed E-state index contributed by atoms with van der Waals surface area (Å²) in [5.41, 5.74) is 2.72. The largest absolute Gasteiger partial charge is 0.323 e. The predicted molar refractivity (Wildman–Crippen MR) is 97.5 cm³/mol. The van der Waals surface area contributed by atoms with Gasteiger partial charge >= 0.3 is 0 Å². The molecule has 0 amide bonds. The summed E-state index contributed by atoms with van der Waals surface area (Å²) in [7, 11) is 0. The highest BCUT2D eigenvalue weighted by Gasteiger charge is 2.07. The van der Waals surface area contributed by atoms with E-state index in [1.807, 2.05) is 36.4 Å². The molecule has 0 radical (unpaired) electrons. The van der Waals surface area contributed by atoms with Gasteiger partial charge < -0.3 is 4.72 Å². The average molecular weight is 355 g/mol. The zero-order chi connectivity index (χ0) is 16.9. The van der Waals surface area contributed by atoms with Gasteiger partial charge in [0.05, 0.1) is 16.3 Å². The topological polar surface area (TPSA) is 35.8 Å². The summed E-state index contributed by atoms with van der Waals surface area (Å²) in [5.74, 6) is -0.336. The SMILES string of the molecule is N#Cc1cc(SNc2cc(-c3ccccc3)ccc2F)ccc1Cl. The first-order valence-corrected chi connectivity index (χ1v) is 8.34. The van der Waals surface area contributed by atoms with Crippen LogP contribution in [0.1, 0.15) is 5.56 Å². The second kappa shape index (κ2) is 7.39. The lowest BCUT2D eigenvalue weighted by Gasteiger charge is -2.10. The fraction of sp³-hybridized carbons (Fsp3) is 0. The van der Waals surface area contributed by atoms with Crippen molar-refractivity contribution in [3.8, 4) is 17.2 Å². The number of nitrogens with one attached hydrogen (secondary N) is 1. The zero-order valence-electron chi connectivity index (χ0n) is 12.5. The highest BCUT2D eigenvalue weighted by molar-refractivity contribution is 8.00. The molecule has 5 heteroatoms. The van der Waals surface area contributed by atoms with Gasteiger partial charge in [0.2, 0.25) is 0 Å². The highest BCUT2D eigenvalue weighted by Crippen LogP contribution is 2.29. The first-order valence-electron chi connectivity index (χ1n) is 7.15. The van der Waals surface area contributed by atoms with Crippen molar-refractivity contribution in [3.05, 3.63) is 83.1 Å². The van der Waals surface area contributed by atoms with E-state index < -0.39 is 0 Å². The molecule has 2 nitrogen and oxygen atoms in total. The van der Waals surface area contributed by atoms with Gasteiger partial charge in [-0.15, -0.1) is 0 Å². The summed E-state index contributed by atoms with van der Waals surface area (Å²) >= 11 is 7.15. The van der Waals surface area contributed by atoms with Crippen molar-refractivity contribution in [2.75, 3.05) is 4.72 Å². The third-order valence-corrected chi connectivity index (χ3v) is 4.55. The lowest BCUT2D eigenvalue weighted by molar-refractivity contribution is 0.633. The molecule has 0 saturated heterocycles. The molecule has 3 aromatic carbocycles. The summed E-state index contributed by atoms with van der Waals surface area (Å²) in [5, 5.41) is 9.41. The van der Waals surface area contributed by atoms with Gasteiger partial charge in [0, 0.05) is 4.90 Å². The molecular weight excluding hydrogens is 343 g/mol. The number of benzene rings is 3. The van der Waals surface area contributed by atoms with E-state index in [-0.39, 0.29) is 5.82 Å². The fourth-order valence-corrected chi connectivity index (χ4v) is 3.04. The van der Waals surface area contributed by atoms with E-state index in [2.05, 4.69) is 4.72 Å². The number of nitriles is 1. The van der Waals surface area contributed by atoms with E-state index in [9.17, 15) is 4.39 Å². The second-order valence-corrected chi connectivity index (χ2v) is 6.31. The molecule has 0 spiro atoms. The molecule has 0 aliphatic rings. The van der Waals surface area contributed by atoms with Gasteiger partial charge in [0.25, 0.3) is 0 Å². The maximum atomic E-state index is 14.0. The monoisotopic (exact) mass is 354 g/mol. The molecule has 0 fully saturated rings. The molecule has 0 bridgehead atoms. The zero-order valence-corrected chi connectivity index (χ0v) is 14.0. The van der Waals surface area contributed by atoms with Crippen molar-refractivity contribution < 1.29 is 4.39 Å². The van der Waals surface area contributed by atoms with Gasteiger partial charge in [-0.3, -0.25) is 0 Å². The molecule has 0 heterocycles. The van der Waals surface area contributed by atoms with Crippen molar-refractivity contribution in [1.82, 2.24) is 0 Å². The van der Waals surface area contributed by atoms with Crippen molar-refractivity contribution in [1.29, 1.82) is 5.26 Å². The number of rotatable bonds is 4. The first kappa shape index (κ1) is 16.4. The van der Waals surface area contributed by atoms with Crippen LogP contribution in [0.3, 0.4) is 0 Å². The second-order valence-electron chi connectivity index (χ2n) is 5.02. The van der Waals surface area contributed by atoms with Gasteiger partial charge in [0.1, 0.15) is 11.9 Å². The Labute approximate surface area is 149 Å². The fourth-order valence-electron chi connectivity index (χ4n) is 2.18. The van der Waals surface area contributed by atoms with E-state index in [4.69, 9.17) is 16.9 Å². The Balaban J connectivity index is 1.82. The van der Waals surface area contributed by atoms with Crippen LogP contribution in [0.25, 0.3) is 11.1 Å². The molecule has 1 N–H and O–H groups in total. The van der Waals surface area contributed by atoms with E-state index in [1.165, 1.54) is 18.0 Å². The van der Waals surface area contributed by atoms with Crippen molar-refractivity contribution >= 4 is 29.2 Å². The molecule has 0 aliphatic heterocycles. The predicted octanol–water partition coefficient (Wildman–Crippen LogP) is 6.14. The number of halogens is 2. The van der Waals surface area contributed by atoms with Crippen LogP contribution >= 0.6 is 23.5 Å².